The number of carbonyl (C=O) groups excluding carboxylic acids is 1. The Hall–Kier alpha value is -2.81. The number of nitrogens with zero attached hydrogens (tertiary/aromatic N) is 5. The minimum absolute atomic E-state index is 0.0755. The molecule has 0 bridgehead atoms. The first kappa shape index (κ1) is 19.9. The van der Waals surface area contributed by atoms with Gasteiger partial charge >= 0.3 is 0 Å². The summed E-state index contributed by atoms with van der Waals surface area (Å²) in [7, 11) is 0. The van der Waals surface area contributed by atoms with Gasteiger partial charge in [0.15, 0.2) is 0 Å². The molecule has 0 saturated heterocycles. The van der Waals surface area contributed by atoms with Crippen molar-refractivity contribution in [3.8, 4) is 5.95 Å². The summed E-state index contributed by atoms with van der Waals surface area (Å²) in [5, 5.41) is 16.0. The number of hydrogen-bond donors (Lipinski definition) is 2. The molecule has 0 saturated carbocycles. The second-order valence-electron chi connectivity index (χ2n) is 6.91. The molecule has 28 heavy (non-hydrogen) atoms. The molecule has 1 atom stereocenters. The van der Waals surface area contributed by atoms with E-state index in [1.54, 1.807) is 4.68 Å². The quantitative estimate of drug-likeness (QED) is 0.487. The van der Waals surface area contributed by atoms with Crippen molar-refractivity contribution in [1.29, 1.82) is 0 Å². The van der Waals surface area contributed by atoms with E-state index in [-0.39, 0.29) is 17.7 Å². The Morgan fingerprint density at radius 1 is 1.18 bits per heavy atom. The maximum atomic E-state index is 12.3. The van der Waals surface area contributed by atoms with Gasteiger partial charge in [0, 0.05) is 5.69 Å². The van der Waals surface area contributed by atoms with Crippen LogP contribution in [-0.4, -0.2) is 36.3 Å². The van der Waals surface area contributed by atoms with Gasteiger partial charge in [0.05, 0.1) is 17.5 Å². The van der Waals surface area contributed by atoms with E-state index in [9.17, 15) is 4.79 Å². The van der Waals surface area contributed by atoms with Gasteiger partial charge in [-0.15, -0.1) is 10.2 Å². The number of rotatable bonds is 6. The van der Waals surface area contributed by atoms with E-state index in [1.807, 2.05) is 32.9 Å². The second kappa shape index (κ2) is 8.05. The fourth-order valence-electron chi connectivity index (χ4n) is 2.87. The summed E-state index contributed by atoms with van der Waals surface area (Å²) in [5.41, 5.74) is 5.30. The standard InChI is InChI=1S/C19H25N7OS/c1-11-6-7-16(8-12(11)2)15(5)21-17(27)10-28-19-23-22-18(25(19)20)26-14(4)9-13(3)24-26/h6-9,15H,10,20H2,1-5H3,(H,21,27)/t15-/m1/s1. The average Bonchev–Trinajstić information content (AvgIpc) is 3.16. The fraction of sp³-hybridized carbons (Fsp3) is 0.368. The molecule has 3 N–H and O–H groups in total. The monoisotopic (exact) mass is 399 g/mol. The molecule has 8 nitrogen and oxygen atoms in total. The third kappa shape index (κ3) is 4.19. The van der Waals surface area contributed by atoms with Crippen LogP contribution in [0.3, 0.4) is 0 Å². The molecule has 0 aliphatic carbocycles. The van der Waals surface area contributed by atoms with Gasteiger partial charge in [-0.1, -0.05) is 30.0 Å². The molecule has 9 heteroatoms. The maximum absolute atomic E-state index is 12.3. The summed E-state index contributed by atoms with van der Waals surface area (Å²) in [6, 6.07) is 8.07. The van der Waals surface area contributed by atoms with Crippen LogP contribution in [0.25, 0.3) is 5.95 Å². The van der Waals surface area contributed by atoms with Crippen LogP contribution in [0.1, 0.15) is 41.0 Å². The smallest absolute Gasteiger partial charge is 0.271 e. The lowest BCUT2D eigenvalue weighted by molar-refractivity contribution is -0.119. The Balaban J connectivity index is 1.62. The predicted molar refractivity (Wildman–Crippen MR) is 110 cm³/mol. The molecule has 2 aromatic heterocycles. The third-order valence-electron chi connectivity index (χ3n) is 4.59. The number of aromatic nitrogens is 5. The van der Waals surface area contributed by atoms with Crippen LogP contribution in [-0.2, 0) is 4.79 Å². The number of nitrogens with one attached hydrogen (secondary N) is 1. The Morgan fingerprint density at radius 2 is 1.93 bits per heavy atom. The molecular weight excluding hydrogens is 374 g/mol. The van der Waals surface area contributed by atoms with Crippen molar-refractivity contribution < 1.29 is 4.79 Å². The number of carbonyl (C=O) groups is 1. The number of hydrogen-bond acceptors (Lipinski definition) is 6. The molecule has 0 aliphatic heterocycles. The Morgan fingerprint density at radius 3 is 2.57 bits per heavy atom. The minimum Gasteiger partial charge on any atom is -0.349 e. The van der Waals surface area contributed by atoms with Crippen LogP contribution >= 0.6 is 11.8 Å². The SMILES string of the molecule is Cc1cc(C)n(-c2nnc(SCC(=O)N[C@H](C)c3ccc(C)c(C)c3)n2N)n1. The fourth-order valence-corrected chi connectivity index (χ4v) is 3.54. The summed E-state index contributed by atoms with van der Waals surface area (Å²) >= 11 is 1.24. The van der Waals surface area contributed by atoms with E-state index in [0.29, 0.717) is 11.1 Å². The summed E-state index contributed by atoms with van der Waals surface area (Å²) in [6.45, 7) is 9.93. The Kier molecular flexibility index (Phi) is 5.73. The van der Waals surface area contributed by atoms with E-state index in [2.05, 4.69) is 46.6 Å². The van der Waals surface area contributed by atoms with Crippen LogP contribution in [0.2, 0.25) is 0 Å². The van der Waals surface area contributed by atoms with E-state index in [4.69, 9.17) is 5.84 Å². The first-order chi connectivity index (χ1) is 13.3. The lowest BCUT2D eigenvalue weighted by Crippen LogP contribution is -2.28. The van der Waals surface area contributed by atoms with Crippen LogP contribution in [0.5, 0.6) is 0 Å². The molecule has 0 unspecified atom stereocenters. The van der Waals surface area contributed by atoms with Gasteiger partial charge in [-0.05, 0) is 57.4 Å². The lowest BCUT2D eigenvalue weighted by atomic mass is 10.0. The number of nitrogen functional groups attached to an aromatic ring is 1. The van der Waals surface area contributed by atoms with Crippen LogP contribution < -0.4 is 11.2 Å². The van der Waals surface area contributed by atoms with E-state index < -0.39 is 0 Å². The molecule has 0 fully saturated rings. The third-order valence-corrected chi connectivity index (χ3v) is 5.53. The van der Waals surface area contributed by atoms with E-state index in [0.717, 1.165) is 17.0 Å². The molecule has 1 aromatic carbocycles. The van der Waals surface area contributed by atoms with E-state index >= 15 is 0 Å². The van der Waals surface area contributed by atoms with Crippen molar-refractivity contribution in [2.24, 2.45) is 0 Å². The van der Waals surface area contributed by atoms with Crippen molar-refractivity contribution in [2.75, 3.05) is 11.6 Å². The van der Waals surface area contributed by atoms with Gasteiger partial charge in [-0.3, -0.25) is 4.79 Å². The maximum Gasteiger partial charge on any atom is 0.271 e. The normalized spacial score (nSPS) is 12.2. The number of benzene rings is 1. The highest BCUT2D eigenvalue weighted by Crippen LogP contribution is 2.19. The van der Waals surface area contributed by atoms with Crippen LogP contribution in [0.4, 0.5) is 0 Å². The van der Waals surface area contributed by atoms with Gasteiger partial charge in [0.1, 0.15) is 0 Å². The molecule has 148 valence electrons. The summed E-state index contributed by atoms with van der Waals surface area (Å²) in [6.07, 6.45) is 0. The predicted octanol–water partition coefficient (Wildman–Crippen LogP) is 2.38. The zero-order valence-electron chi connectivity index (χ0n) is 16.7. The van der Waals surface area contributed by atoms with E-state index in [1.165, 1.54) is 27.6 Å². The topological polar surface area (TPSA) is 104 Å². The lowest BCUT2D eigenvalue weighted by Gasteiger charge is -2.15. The zero-order chi connectivity index (χ0) is 20.4. The first-order valence-electron chi connectivity index (χ1n) is 8.99. The van der Waals surface area contributed by atoms with Gasteiger partial charge in [0.2, 0.25) is 11.1 Å². The van der Waals surface area contributed by atoms with Crippen LogP contribution in [0, 0.1) is 27.7 Å². The van der Waals surface area contributed by atoms with Crippen molar-refractivity contribution in [3.63, 3.8) is 0 Å². The van der Waals surface area contributed by atoms with Crippen molar-refractivity contribution >= 4 is 17.7 Å². The van der Waals surface area contributed by atoms with Gasteiger partial charge in [-0.2, -0.15) is 5.10 Å². The average molecular weight is 400 g/mol. The minimum atomic E-state index is -0.0913. The highest BCUT2D eigenvalue weighted by molar-refractivity contribution is 7.99. The highest BCUT2D eigenvalue weighted by atomic mass is 32.2. The van der Waals surface area contributed by atoms with Crippen molar-refractivity contribution in [3.05, 3.63) is 52.3 Å². The number of aryl methyl sites for hydroxylation is 4. The summed E-state index contributed by atoms with van der Waals surface area (Å²) < 4.78 is 2.98. The number of thioether (sulfide) groups is 1. The molecule has 3 aromatic rings. The van der Waals surface area contributed by atoms with Gasteiger partial charge in [0.25, 0.3) is 5.95 Å². The number of nitrogens with two attached hydrogens (primary N) is 1. The van der Waals surface area contributed by atoms with Crippen molar-refractivity contribution in [2.45, 2.75) is 45.8 Å². The number of amides is 1. The molecule has 1 amide bonds. The van der Waals surface area contributed by atoms with Gasteiger partial charge in [-0.25, -0.2) is 9.36 Å². The zero-order valence-corrected chi connectivity index (χ0v) is 17.5. The molecule has 0 spiro atoms. The Bertz CT molecular complexity index is 1010. The highest BCUT2D eigenvalue weighted by Gasteiger charge is 2.17. The van der Waals surface area contributed by atoms with Gasteiger partial charge < -0.3 is 11.2 Å². The molecule has 2 heterocycles. The largest absolute Gasteiger partial charge is 0.349 e. The summed E-state index contributed by atoms with van der Waals surface area (Å²) in [5.74, 6) is 6.62. The molecule has 0 radical (unpaired) electrons. The molecular formula is C19H25N7OS. The molecule has 3 rings (SSSR count). The molecule has 0 aliphatic rings. The second-order valence-corrected chi connectivity index (χ2v) is 7.86. The first-order valence-corrected chi connectivity index (χ1v) is 9.98. The van der Waals surface area contributed by atoms with Crippen molar-refractivity contribution in [1.82, 2.24) is 30.0 Å². The summed E-state index contributed by atoms with van der Waals surface area (Å²) in [4.78, 5) is 12.3. The van der Waals surface area contributed by atoms with Crippen LogP contribution in [0.15, 0.2) is 29.4 Å². The Labute approximate surface area is 168 Å².